The van der Waals surface area contributed by atoms with E-state index in [9.17, 15) is 14.7 Å². The van der Waals surface area contributed by atoms with E-state index in [0.29, 0.717) is 19.7 Å². The van der Waals surface area contributed by atoms with E-state index in [1.54, 1.807) is 9.80 Å². The fourth-order valence-electron chi connectivity index (χ4n) is 3.40. The molecule has 2 rings (SSSR count). The summed E-state index contributed by atoms with van der Waals surface area (Å²) >= 11 is 0. The maximum absolute atomic E-state index is 12.8. The standard InChI is InChI=1S/C15H26N2O4/c1-10-9-21-11(2)8-17(10)14(20)16-7-5-6-15(3,4)12(16)13(18)19/h10-12H,5-9H2,1-4H3,(H,18,19). The van der Waals surface area contributed by atoms with Crippen LogP contribution in [0.4, 0.5) is 4.79 Å². The number of urea groups is 1. The molecule has 0 saturated carbocycles. The second kappa shape index (κ2) is 5.83. The summed E-state index contributed by atoms with van der Waals surface area (Å²) < 4.78 is 5.54. The second-order valence-electron chi connectivity index (χ2n) is 6.95. The van der Waals surface area contributed by atoms with Gasteiger partial charge >= 0.3 is 12.0 Å². The van der Waals surface area contributed by atoms with Crippen molar-refractivity contribution < 1.29 is 19.4 Å². The summed E-state index contributed by atoms with van der Waals surface area (Å²) in [4.78, 5) is 27.8. The Labute approximate surface area is 126 Å². The van der Waals surface area contributed by atoms with Crippen molar-refractivity contribution in [3.8, 4) is 0 Å². The Balaban J connectivity index is 2.21. The lowest BCUT2D eigenvalue weighted by Crippen LogP contribution is -2.62. The number of morpholine rings is 1. The molecule has 2 aliphatic rings. The van der Waals surface area contributed by atoms with E-state index in [4.69, 9.17) is 4.74 Å². The third-order valence-electron chi connectivity index (χ3n) is 4.61. The summed E-state index contributed by atoms with van der Waals surface area (Å²) in [5, 5.41) is 9.57. The van der Waals surface area contributed by atoms with Crippen molar-refractivity contribution in [2.45, 2.75) is 58.7 Å². The van der Waals surface area contributed by atoms with Gasteiger partial charge in [-0.15, -0.1) is 0 Å². The highest BCUT2D eigenvalue weighted by molar-refractivity contribution is 5.84. The summed E-state index contributed by atoms with van der Waals surface area (Å²) in [7, 11) is 0. The predicted octanol–water partition coefficient (Wildman–Crippen LogP) is 1.79. The molecule has 0 aromatic heterocycles. The van der Waals surface area contributed by atoms with Crippen molar-refractivity contribution in [2.75, 3.05) is 19.7 Å². The Hall–Kier alpha value is -1.30. The van der Waals surface area contributed by atoms with Gasteiger partial charge in [-0.3, -0.25) is 0 Å². The van der Waals surface area contributed by atoms with Gasteiger partial charge in [-0.1, -0.05) is 13.8 Å². The first-order valence-electron chi connectivity index (χ1n) is 7.65. The van der Waals surface area contributed by atoms with Crippen molar-refractivity contribution >= 4 is 12.0 Å². The van der Waals surface area contributed by atoms with Crippen LogP contribution in [0.2, 0.25) is 0 Å². The fourth-order valence-corrected chi connectivity index (χ4v) is 3.40. The first-order valence-corrected chi connectivity index (χ1v) is 7.65. The predicted molar refractivity (Wildman–Crippen MR) is 78.1 cm³/mol. The van der Waals surface area contributed by atoms with Crippen molar-refractivity contribution in [2.24, 2.45) is 5.41 Å². The first-order chi connectivity index (χ1) is 9.74. The smallest absolute Gasteiger partial charge is 0.327 e. The summed E-state index contributed by atoms with van der Waals surface area (Å²) in [6.45, 7) is 9.26. The minimum absolute atomic E-state index is 0.00812. The topological polar surface area (TPSA) is 70.1 Å². The molecular formula is C15H26N2O4. The summed E-state index contributed by atoms with van der Waals surface area (Å²) in [6.07, 6.45) is 1.66. The monoisotopic (exact) mass is 298 g/mol. The lowest BCUT2D eigenvalue weighted by molar-refractivity contribution is -0.149. The molecule has 1 N–H and O–H groups in total. The number of ether oxygens (including phenoxy) is 1. The third-order valence-corrected chi connectivity index (χ3v) is 4.61. The Morgan fingerprint density at radius 3 is 2.52 bits per heavy atom. The number of amides is 2. The molecule has 2 amide bonds. The van der Waals surface area contributed by atoms with Gasteiger partial charge in [0, 0.05) is 13.1 Å². The molecule has 3 unspecified atom stereocenters. The number of hydrogen-bond donors (Lipinski definition) is 1. The molecule has 2 aliphatic heterocycles. The van der Waals surface area contributed by atoms with Gasteiger partial charge in [-0.25, -0.2) is 9.59 Å². The van der Waals surface area contributed by atoms with E-state index in [-0.39, 0.29) is 18.2 Å². The molecule has 6 nitrogen and oxygen atoms in total. The summed E-state index contributed by atoms with van der Waals surface area (Å²) in [5.74, 6) is -0.915. The lowest BCUT2D eigenvalue weighted by Gasteiger charge is -2.47. The quantitative estimate of drug-likeness (QED) is 0.801. The molecule has 0 radical (unpaired) electrons. The van der Waals surface area contributed by atoms with Crippen LogP contribution in [-0.4, -0.2) is 64.8 Å². The molecule has 0 aliphatic carbocycles. The van der Waals surface area contributed by atoms with Gasteiger partial charge in [0.25, 0.3) is 0 Å². The number of hydrogen-bond acceptors (Lipinski definition) is 3. The highest BCUT2D eigenvalue weighted by atomic mass is 16.5. The highest BCUT2D eigenvalue weighted by Crippen LogP contribution is 2.36. The maximum atomic E-state index is 12.8. The van der Waals surface area contributed by atoms with Gasteiger partial charge in [0.15, 0.2) is 0 Å². The van der Waals surface area contributed by atoms with Crippen molar-refractivity contribution in [3.05, 3.63) is 0 Å². The van der Waals surface area contributed by atoms with Crippen LogP contribution in [0.15, 0.2) is 0 Å². The number of piperidine rings is 1. The van der Waals surface area contributed by atoms with Crippen LogP contribution >= 0.6 is 0 Å². The van der Waals surface area contributed by atoms with Crippen LogP contribution in [0, 0.1) is 5.41 Å². The fraction of sp³-hybridized carbons (Fsp3) is 0.867. The molecule has 2 saturated heterocycles. The zero-order valence-corrected chi connectivity index (χ0v) is 13.3. The Kier molecular flexibility index (Phi) is 4.46. The van der Waals surface area contributed by atoms with Crippen molar-refractivity contribution in [1.29, 1.82) is 0 Å². The SMILES string of the molecule is CC1CN(C(=O)N2CCCC(C)(C)C2C(=O)O)C(C)CO1. The number of carbonyl (C=O) groups is 2. The molecule has 0 spiro atoms. The van der Waals surface area contributed by atoms with Crippen LogP contribution in [0.3, 0.4) is 0 Å². The van der Waals surface area contributed by atoms with Gasteiger partial charge < -0.3 is 19.6 Å². The average molecular weight is 298 g/mol. The first kappa shape index (κ1) is 16.1. The van der Waals surface area contributed by atoms with Crippen molar-refractivity contribution in [3.63, 3.8) is 0 Å². The molecule has 21 heavy (non-hydrogen) atoms. The van der Waals surface area contributed by atoms with Gasteiger partial charge in [-0.05, 0) is 32.1 Å². The van der Waals surface area contributed by atoms with Crippen LogP contribution < -0.4 is 0 Å². The molecule has 0 aromatic rings. The third kappa shape index (κ3) is 3.15. The van der Waals surface area contributed by atoms with E-state index < -0.39 is 17.4 Å². The van der Waals surface area contributed by atoms with Crippen LogP contribution in [-0.2, 0) is 9.53 Å². The van der Waals surface area contributed by atoms with Gasteiger partial charge in [-0.2, -0.15) is 0 Å². The maximum Gasteiger partial charge on any atom is 0.327 e. The number of aliphatic carboxylic acids is 1. The normalized spacial score (nSPS) is 32.9. The largest absolute Gasteiger partial charge is 0.480 e. The highest BCUT2D eigenvalue weighted by Gasteiger charge is 2.46. The van der Waals surface area contributed by atoms with Crippen LogP contribution in [0.1, 0.15) is 40.5 Å². The molecule has 3 atom stereocenters. The molecular weight excluding hydrogens is 272 g/mol. The molecule has 6 heteroatoms. The summed E-state index contributed by atoms with van der Waals surface area (Å²) in [6, 6.07) is -0.949. The number of carboxylic acids is 1. The zero-order valence-electron chi connectivity index (χ0n) is 13.3. The molecule has 120 valence electrons. The zero-order chi connectivity index (χ0) is 15.8. The molecule has 2 heterocycles. The van der Waals surface area contributed by atoms with Gasteiger partial charge in [0.05, 0.1) is 18.8 Å². The van der Waals surface area contributed by atoms with E-state index in [1.807, 2.05) is 27.7 Å². The van der Waals surface area contributed by atoms with Gasteiger partial charge in [0.1, 0.15) is 6.04 Å². The average Bonchev–Trinajstić information content (AvgIpc) is 2.38. The number of rotatable bonds is 1. The number of carboxylic acid groups (broad SMARTS) is 1. The Morgan fingerprint density at radius 2 is 1.90 bits per heavy atom. The molecule has 0 bridgehead atoms. The van der Waals surface area contributed by atoms with E-state index in [1.165, 1.54) is 0 Å². The molecule has 2 fully saturated rings. The Morgan fingerprint density at radius 1 is 1.24 bits per heavy atom. The minimum atomic E-state index is -0.915. The van der Waals surface area contributed by atoms with Gasteiger partial charge in [0.2, 0.25) is 0 Å². The number of nitrogens with zero attached hydrogens (tertiary/aromatic N) is 2. The van der Waals surface area contributed by atoms with E-state index >= 15 is 0 Å². The van der Waals surface area contributed by atoms with Crippen molar-refractivity contribution in [1.82, 2.24) is 9.80 Å². The molecule has 0 aromatic carbocycles. The van der Waals surface area contributed by atoms with E-state index in [2.05, 4.69) is 0 Å². The Bertz CT molecular complexity index is 424. The van der Waals surface area contributed by atoms with Crippen LogP contribution in [0.25, 0.3) is 0 Å². The summed E-state index contributed by atoms with van der Waals surface area (Å²) in [5.41, 5.74) is -0.402. The second-order valence-corrected chi connectivity index (χ2v) is 6.95. The lowest BCUT2D eigenvalue weighted by atomic mass is 9.76. The van der Waals surface area contributed by atoms with Crippen LogP contribution in [0.5, 0.6) is 0 Å². The number of likely N-dealkylation sites (tertiary alicyclic amines) is 1. The number of carbonyl (C=O) groups excluding carboxylic acids is 1. The van der Waals surface area contributed by atoms with E-state index in [0.717, 1.165) is 12.8 Å². The minimum Gasteiger partial charge on any atom is -0.480 e.